The Morgan fingerprint density at radius 2 is 1.53 bits per heavy atom. The molecule has 108 valence electrons. The molecule has 0 aromatic carbocycles. The van der Waals surface area contributed by atoms with Crippen LogP contribution in [0, 0.1) is 0 Å². The smallest absolute Gasteiger partial charge is 0.102 e. The maximum absolute atomic E-state index is 2.79. The lowest BCUT2D eigenvalue weighted by molar-refractivity contribution is 0.0603. The van der Waals surface area contributed by atoms with Gasteiger partial charge in [0, 0.05) is 23.5 Å². The van der Waals surface area contributed by atoms with E-state index in [2.05, 4.69) is 30.6 Å². The average Bonchev–Trinajstić information content (AvgIpc) is 2.57. The molecule has 0 spiro atoms. The van der Waals surface area contributed by atoms with E-state index in [0.29, 0.717) is 6.17 Å². The van der Waals surface area contributed by atoms with Crippen LogP contribution in [0.4, 0.5) is 0 Å². The average molecular weight is 262 g/mol. The molecule has 0 saturated carbocycles. The first-order valence-corrected chi connectivity index (χ1v) is 8.37. The first kappa shape index (κ1) is 13.3. The van der Waals surface area contributed by atoms with Crippen molar-refractivity contribution >= 4 is 0 Å². The molecule has 0 bridgehead atoms. The van der Waals surface area contributed by atoms with Crippen LogP contribution in [0.2, 0.25) is 0 Å². The number of nitrogens with zero attached hydrogens (tertiary/aromatic N) is 2. The molecule has 1 aliphatic carbocycles. The summed E-state index contributed by atoms with van der Waals surface area (Å²) in [5, 5.41) is 0. The molecule has 0 N–H and O–H groups in total. The molecule has 1 saturated heterocycles. The van der Waals surface area contributed by atoms with Crippen LogP contribution in [0.5, 0.6) is 0 Å². The Balaban J connectivity index is 1.97. The highest BCUT2D eigenvalue weighted by Gasteiger charge is 2.42. The second-order valence-electron chi connectivity index (χ2n) is 7.52. The summed E-state index contributed by atoms with van der Waals surface area (Å²) in [6.45, 7) is 8.50. The van der Waals surface area contributed by atoms with Gasteiger partial charge in [-0.3, -0.25) is 0 Å². The van der Waals surface area contributed by atoms with Crippen LogP contribution in [-0.4, -0.2) is 28.0 Å². The summed E-state index contributed by atoms with van der Waals surface area (Å²) in [6.07, 6.45) is 13.1. The van der Waals surface area contributed by atoms with Crippen molar-refractivity contribution in [2.45, 2.75) is 90.3 Å². The van der Waals surface area contributed by atoms with Gasteiger partial charge in [-0.1, -0.05) is 12.8 Å². The van der Waals surface area contributed by atoms with Crippen LogP contribution in [0.25, 0.3) is 0 Å². The molecule has 3 aliphatic rings. The topological polar surface area (TPSA) is 6.48 Å². The van der Waals surface area contributed by atoms with E-state index in [9.17, 15) is 0 Å². The molecule has 19 heavy (non-hydrogen) atoms. The van der Waals surface area contributed by atoms with Crippen molar-refractivity contribution in [1.29, 1.82) is 0 Å². The quantitative estimate of drug-likeness (QED) is 0.635. The molecule has 0 radical (unpaired) electrons. The van der Waals surface area contributed by atoms with Gasteiger partial charge in [0.05, 0.1) is 0 Å². The maximum atomic E-state index is 2.79. The standard InChI is InChI=1S/C17H30N2/c1-17(2,3)19-15-11-7-4-6-10-14(15)18-13-9-5-8-12-16(18)19/h16H,4-13H2,1-3H3. The number of hydrogen-bond acceptors (Lipinski definition) is 2. The minimum atomic E-state index is 0.273. The largest absolute Gasteiger partial charge is 0.353 e. The lowest BCUT2D eigenvalue weighted by Crippen LogP contribution is -2.49. The van der Waals surface area contributed by atoms with Gasteiger partial charge < -0.3 is 9.80 Å². The van der Waals surface area contributed by atoms with Crippen molar-refractivity contribution in [2.24, 2.45) is 0 Å². The van der Waals surface area contributed by atoms with Gasteiger partial charge in [-0.25, -0.2) is 0 Å². The van der Waals surface area contributed by atoms with Crippen LogP contribution in [0.15, 0.2) is 11.4 Å². The van der Waals surface area contributed by atoms with Crippen molar-refractivity contribution < 1.29 is 0 Å². The number of allylic oxidation sites excluding steroid dienone is 2. The van der Waals surface area contributed by atoms with Crippen LogP contribution in [0.3, 0.4) is 0 Å². The van der Waals surface area contributed by atoms with Crippen molar-refractivity contribution in [1.82, 2.24) is 9.80 Å². The highest BCUT2D eigenvalue weighted by molar-refractivity contribution is 5.24. The van der Waals surface area contributed by atoms with E-state index >= 15 is 0 Å². The molecule has 0 aromatic heterocycles. The highest BCUT2D eigenvalue weighted by atomic mass is 15.4. The van der Waals surface area contributed by atoms with Crippen molar-refractivity contribution in [3.05, 3.63) is 11.4 Å². The number of fused-ring (bicyclic) bond motifs is 2. The highest BCUT2D eigenvalue weighted by Crippen LogP contribution is 2.44. The molecule has 0 aromatic rings. The maximum Gasteiger partial charge on any atom is 0.102 e. The second-order valence-corrected chi connectivity index (χ2v) is 7.52. The molecule has 2 heteroatoms. The van der Waals surface area contributed by atoms with E-state index in [1.165, 1.54) is 64.3 Å². The van der Waals surface area contributed by atoms with E-state index in [1.54, 1.807) is 11.4 Å². The molecule has 1 atom stereocenters. The molecule has 2 nitrogen and oxygen atoms in total. The normalized spacial score (nSPS) is 28.9. The Kier molecular flexibility index (Phi) is 3.53. The van der Waals surface area contributed by atoms with Gasteiger partial charge in [-0.05, 0) is 65.7 Å². The Morgan fingerprint density at radius 1 is 0.842 bits per heavy atom. The molecule has 2 heterocycles. The van der Waals surface area contributed by atoms with Crippen LogP contribution < -0.4 is 0 Å². The summed E-state index contributed by atoms with van der Waals surface area (Å²) in [5.41, 5.74) is 3.70. The summed E-state index contributed by atoms with van der Waals surface area (Å²) in [5.74, 6) is 0. The van der Waals surface area contributed by atoms with Crippen LogP contribution in [0.1, 0.15) is 78.6 Å². The summed E-state index contributed by atoms with van der Waals surface area (Å²) in [6, 6.07) is 0. The van der Waals surface area contributed by atoms with E-state index in [1.807, 2.05) is 0 Å². The SMILES string of the molecule is CC(C)(C)N1C2=C(CCCCC2)N2CCCCCC21. The molecule has 0 amide bonds. The Labute approximate surface area is 118 Å². The van der Waals surface area contributed by atoms with E-state index in [-0.39, 0.29) is 5.54 Å². The van der Waals surface area contributed by atoms with Gasteiger partial charge in [-0.15, -0.1) is 0 Å². The summed E-state index contributed by atoms with van der Waals surface area (Å²) in [4.78, 5) is 5.58. The zero-order chi connectivity index (χ0) is 13.5. The van der Waals surface area contributed by atoms with Crippen molar-refractivity contribution in [3.8, 4) is 0 Å². The van der Waals surface area contributed by atoms with Crippen molar-refractivity contribution in [3.63, 3.8) is 0 Å². The molecule has 1 unspecified atom stereocenters. The van der Waals surface area contributed by atoms with Crippen LogP contribution >= 0.6 is 0 Å². The van der Waals surface area contributed by atoms with Gasteiger partial charge in [-0.2, -0.15) is 0 Å². The summed E-state index contributed by atoms with van der Waals surface area (Å²) >= 11 is 0. The lowest BCUT2D eigenvalue weighted by Gasteiger charge is -2.43. The number of rotatable bonds is 0. The lowest BCUT2D eigenvalue weighted by atomic mass is 10.0. The predicted molar refractivity (Wildman–Crippen MR) is 80.7 cm³/mol. The Hall–Kier alpha value is -0.660. The molecule has 2 aliphatic heterocycles. The monoisotopic (exact) mass is 262 g/mol. The zero-order valence-corrected chi connectivity index (χ0v) is 13.0. The third-order valence-corrected chi connectivity index (χ3v) is 5.04. The fourth-order valence-electron chi connectivity index (χ4n) is 4.32. The van der Waals surface area contributed by atoms with E-state index < -0.39 is 0 Å². The fourth-order valence-corrected chi connectivity index (χ4v) is 4.32. The third kappa shape index (κ3) is 2.39. The molecule has 1 fully saturated rings. The van der Waals surface area contributed by atoms with Gasteiger partial charge in [0.2, 0.25) is 0 Å². The minimum Gasteiger partial charge on any atom is -0.353 e. The fraction of sp³-hybridized carbons (Fsp3) is 0.882. The van der Waals surface area contributed by atoms with E-state index in [4.69, 9.17) is 0 Å². The first-order chi connectivity index (χ1) is 9.09. The Bertz CT molecular complexity index is 364. The van der Waals surface area contributed by atoms with Gasteiger partial charge in [0.15, 0.2) is 0 Å². The van der Waals surface area contributed by atoms with Gasteiger partial charge >= 0.3 is 0 Å². The predicted octanol–water partition coefficient (Wildman–Crippen LogP) is 4.48. The first-order valence-electron chi connectivity index (χ1n) is 8.37. The Morgan fingerprint density at radius 3 is 2.26 bits per heavy atom. The van der Waals surface area contributed by atoms with E-state index in [0.717, 1.165) is 0 Å². The minimum absolute atomic E-state index is 0.273. The van der Waals surface area contributed by atoms with Gasteiger partial charge in [0.1, 0.15) is 6.17 Å². The summed E-state index contributed by atoms with van der Waals surface area (Å²) in [7, 11) is 0. The molecule has 3 rings (SSSR count). The van der Waals surface area contributed by atoms with Crippen LogP contribution in [-0.2, 0) is 0 Å². The third-order valence-electron chi connectivity index (χ3n) is 5.04. The zero-order valence-electron chi connectivity index (χ0n) is 13.0. The molecular formula is C17H30N2. The molecular weight excluding hydrogens is 232 g/mol. The van der Waals surface area contributed by atoms with Crippen molar-refractivity contribution in [2.75, 3.05) is 6.54 Å². The summed E-state index contributed by atoms with van der Waals surface area (Å²) < 4.78 is 0. The van der Waals surface area contributed by atoms with Gasteiger partial charge in [0.25, 0.3) is 0 Å². The number of hydrogen-bond donors (Lipinski definition) is 0. The second kappa shape index (κ2) is 5.03.